The van der Waals surface area contributed by atoms with Crippen molar-refractivity contribution in [2.75, 3.05) is 5.32 Å². The molecule has 0 bridgehead atoms. The molecule has 152 valence electrons. The molecule has 4 aromatic rings. The summed E-state index contributed by atoms with van der Waals surface area (Å²) in [5, 5.41) is 12.1. The van der Waals surface area contributed by atoms with Crippen LogP contribution < -0.4 is 5.32 Å². The Kier molecular flexibility index (Phi) is 4.58. The standard InChI is InChI=1S/C23H21FN4O2/c1-14-16-7-4-5-8-19(16)30-21(14)23(29)25-18-13-15(10-11-17(18)24)22-27-26-20-9-3-2-6-12-28(20)22/h4-5,7-8,10-11,13H,2-3,6,9,12H2,1H3,(H,25,29). The Bertz CT molecular complexity index is 1260. The molecule has 1 N–H and O–H groups in total. The summed E-state index contributed by atoms with van der Waals surface area (Å²) in [4.78, 5) is 12.8. The average Bonchev–Trinajstić information content (AvgIpc) is 3.22. The number of carbonyl (C=O) groups is 1. The van der Waals surface area contributed by atoms with Crippen LogP contribution in [0.15, 0.2) is 46.9 Å². The molecule has 7 heteroatoms. The van der Waals surface area contributed by atoms with Crippen LogP contribution in [-0.2, 0) is 13.0 Å². The lowest BCUT2D eigenvalue weighted by molar-refractivity contribution is 0.0997. The smallest absolute Gasteiger partial charge is 0.291 e. The zero-order valence-electron chi connectivity index (χ0n) is 16.6. The normalized spacial score (nSPS) is 13.8. The maximum atomic E-state index is 14.5. The molecule has 0 spiro atoms. The van der Waals surface area contributed by atoms with Crippen LogP contribution in [0.5, 0.6) is 0 Å². The molecule has 2 aromatic heterocycles. The number of nitrogens with zero attached hydrogens (tertiary/aromatic N) is 3. The van der Waals surface area contributed by atoms with Crippen molar-refractivity contribution in [1.82, 2.24) is 14.8 Å². The van der Waals surface area contributed by atoms with E-state index in [1.54, 1.807) is 18.2 Å². The summed E-state index contributed by atoms with van der Waals surface area (Å²) in [5.74, 6) is 0.825. The highest BCUT2D eigenvalue weighted by Crippen LogP contribution is 2.29. The van der Waals surface area contributed by atoms with Gasteiger partial charge in [0.05, 0.1) is 5.69 Å². The molecule has 0 aliphatic carbocycles. The number of furan rings is 1. The summed E-state index contributed by atoms with van der Waals surface area (Å²) >= 11 is 0. The minimum absolute atomic E-state index is 0.0864. The van der Waals surface area contributed by atoms with Crippen molar-refractivity contribution in [1.29, 1.82) is 0 Å². The van der Waals surface area contributed by atoms with E-state index in [1.807, 2.05) is 25.1 Å². The lowest BCUT2D eigenvalue weighted by Gasteiger charge is -2.10. The number of amides is 1. The molecule has 1 aliphatic heterocycles. The number of benzene rings is 2. The summed E-state index contributed by atoms with van der Waals surface area (Å²) in [6.07, 6.45) is 4.21. The first-order valence-corrected chi connectivity index (χ1v) is 10.1. The van der Waals surface area contributed by atoms with Crippen LogP contribution in [0.25, 0.3) is 22.4 Å². The maximum absolute atomic E-state index is 14.5. The number of hydrogen-bond acceptors (Lipinski definition) is 4. The van der Waals surface area contributed by atoms with E-state index < -0.39 is 11.7 Å². The van der Waals surface area contributed by atoms with Crippen molar-refractivity contribution in [2.24, 2.45) is 0 Å². The molecule has 0 radical (unpaired) electrons. The first kappa shape index (κ1) is 18.5. The molecule has 1 amide bonds. The SMILES string of the molecule is Cc1c(C(=O)Nc2cc(-c3nnc4n3CCCCC4)ccc2F)oc2ccccc12. The highest BCUT2D eigenvalue weighted by Gasteiger charge is 2.21. The van der Waals surface area contributed by atoms with Gasteiger partial charge in [0, 0.05) is 29.5 Å². The summed E-state index contributed by atoms with van der Waals surface area (Å²) in [5.41, 5.74) is 2.15. The van der Waals surface area contributed by atoms with Gasteiger partial charge in [0.2, 0.25) is 0 Å². The predicted octanol–water partition coefficient (Wildman–Crippen LogP) is 5.12. The quantitative estimate of drug-likeness (QED) is 0.515. The van der Waals surface area contributed by atoms with Gasteiger partial charge in [0.15, 0.2) is 11.6 Å². The van der Waals surface area contributed by atoms with Crippen LogP contribution in [0.1, 0.15) is 41.2 Å². The van der Waals surface area contributed by atoms with Gasteiger partial charge in [-0.15, -0.1) is 10.2 Å². The molecule has 0 saturated carbocycles. The maximum Gasteiger partial charge on any atom is 0.291 e. The summed E-state index contributed by atoms with van der Waals surface area (Å²) in [7, 11) is 0. The molecule has 6 nitrogen and oxygen atoms in total. The highest BCUT2D eigenvalue weighted by atomic mass is 19.1. The molecule has 3 heterocycles. The van der Waals surface area contributed by atoms with Crippen LogP contribution in [0.4, 0.5) is 10.1 Å². The number of halogens is 1. The van der Waals surface area contributed by atoms with E-state index in [2.05, 4.69) is 20.1 Å². The highest BCUT2D eigenvalue weighted by molar-refractivity contribution is 6.06. The summed E-state index contributed by atoms with van der Waals surface area (Å²) in [6.45, 7) is 2.66. The predicted molar refractivity (Wildman–Crippen MR) is 112 cm³/mol. The van der Waals surface area contributed by atoms with Crippen LogP contribution in [0.3, 0.4) is 0 Å². The van der Waals surface area contributed by atoms with E-state index in [-0.39, 0.29) is 11.4 Å². The first-order valence-electron chi connectivity index (χ1n) is 10.1. The second-order valence-electron chi connectivity index (χ2n) is 7.60. The topological polar surface area (TPSA) is 73.0 Å². The Hall–Kier alpha value is -3.48. The van der Waals surface area contributed by atoms with E-state index in [9.17, 15) is 9.18 Å². The Balaban J connectivity index is 1.48. The van der Waals surface area contributed by atoms with Gasteiger partial charge in [0.1, 0.15) is 17.2 Å². The van der Waals surface area contributed by atoms with E-state index in [4.69, 9.17) is 4.42 Å². The number of aryl methyl sites for hydroxylation is 2. The monoisotopic (exact) mass is 404 g/mol. The Morgan fingerprint density at radius 3 is 2.87 bits per heavy atom. The van der Waals surface area contributed by atoms with Gasteiger partial charge in [-0.25, -0.2) is 4.39 Å². The van der Waals surface area contributed by atoms with Crippen molar-refractivity contribution in [2.45, 2.75) is 39.2 Å². The molecule has 0 saturated heterocycles. The van der Waals surface area contributed by atoms with Gasteiger partial charge >= 0.3 is 0 Å². The Morgan fingerprint density at radius 1 is 1.13 bits per heavy atom. The van der Waals surface area contributed by atoms with E-state index in [0.717, 1.165) is 49.0 Å². The van der Waals surface area contributed by atoms with Crippen molar-refractivity contribution < 1.29 is 13.6 Å². The number of rotatable bonds is 3. The van der Waals surface area contributed by atoms with Crippen LogP contribution in [0.2, 0.25) is 0 Å². The van der Waals surface area contributed by atoms with Crippen molar-refractivity contribution in [3.63, 3.8) is 0 Å². The fourth-order valence-corrected chi connectivity index (χ4v) is 4.03. The lowest BCUT2D eigenvalue weighted by atomic mass is 10.1. The summed E-state index contributed by atoms with van der Waals surface area (Å²) < 4.78 is 22.3. The fourth-order valence-electron chi connectivity index (χ4n) is 4.03. The Morgan fingerprint density at radius 2 is 2.00 bits per heavy atom. The number of para-hydroxylation sites is 1. The minimum atomic E-state index is -0.517. The largest absolute Gasteiger partial charge is 0.451 e. The van der Waals surface area contributed by atoms with Gasteiger partial charge in [0.25, 0.3) is 5.91 Å². The van der Waals surface area contributed by atoms with E-state index in [0.29, 0.717) is 17.0 Å². The van der Waals surface area contributed by atoms with Crippen molar-refractivity contribution >= 4 is 22.6 Å². The fraction of sp³-hybridized carbons (Fsp3) is 0.261. The zero-order valence-corrected chi connectivity index (χ0v) is 16.6. The third-order valence-electron chi connectivity index (χ3n) is 5.63. The second-order valence-corrected chi connectivity index (χ2v) is 7.60. The minimum Gasteiger partial charge on any atom is -0.451 e. The molecule has 0 atom stereocenters. The third kappa shape index (κ3) is 3.16. The van der Waals surface area contributed by atoms with E-state index >= 15 is 0 Å². The molecule has 0 fully saturated rings. The molecule has 1 aliphatic rings. The zero-order chi connectivity index (χ0) is 20.7. The van der Waals surface area contributed by atoms with Crippen LogP contribution >= 0.6 is 0 Å². The van der Waals surface area contributed by atoms with Gasteiger partial charge in [-0.2, -0.15) is 0 Å². The molecular formula is C23H21FN4O2. The second kappa shape index (κ2) is 7.40. The van der Waals surface area contributed by atoms with E-state index in [1.165, 1.54) is 6.07 Å². The Labute approximate surface area is 172 Å². The van der Waals surface area contributed by atoms with Crippen molar-refractivity contribution in [3.05, 3.63) is 65.4 Å². The molecule has 0 unspecified atom stereocenters. The average molecular weight is 404 g/mol. The number of hydrogen-bond donors (Lipinski definition) is 1. The molecular weight excluding hydrogens is 383 g/mol. The number of nitrogens with one attached hydrogen (secondary N) is 1. The van der Waals surface area contributed by atoms with Gasteiger partial charge in [-0.1, -0.05) is 24.6 Å². The number of fused-ring (bicyclic) bond motifs is 2. The molecule has 30 heavy (non-hydrogen) atoms. The third-order valence-corrected chi connectivity index (χ3v) is 5.63. The van der Waals surface area contributed by atoms with Gasteiger partial charge in [-0.05, 0) is 44.0 Å². The number of carbonyl (C=O) groups excluding carboxylic acids is 1. The summed E-state index contributed by atoms with van der Waals surface area (Å²) in [6, 6.07) is 12.0. The van der Waals surface area contributed by atoms with Gasteiger partial charge < -0.3 is 14.3 Å². The van der Waals surface area contributed by atoms with Crippen molar-refractivity contribution in [3.8, 4) is 11.4 Å². The van der Waals surface area contributed by atoms with Crippen LogP contribution in [0, 0.1) is 12.7 Å². The number of anilines is 1. The van der Waals surface area contributed by atoms with Crippen LogP contribution in [-0.4, -0.2) is 20.7 Å². The number of aromatic nitrogens is 3. The molecule has 2 aromatic carbocycles. The lowest BCUT2D eigenvalue weighted by Crippen LogP contribution is -2.13. The van der Waals surface area contributed by atoms with Gasteiger partial charge in [-0.3, -0.25) is 4.79 Å². The molecule has 5 rings (SSSR count). The first-order chi connectivity index (χ1) is 14.6.